The predicted octanol–water partition coefficient (Wildman–Crippen LogP) is 1.97. The van der Waals surface area contributed by atoms with Gasteiger partial charge in [0.15, 0.2) is 5.82 Å². The Kier molecular flexibility index (Phi) is 3.65. The van der Waals surface area contributed by atoms with Crippen LogP contribution in [0.1, 0.15) is 17.7 Å². The maximum absolute atomic E-state index is 10.2. The molecule has 1 fully saturated rings. The van der Waals surface area contributed by atoms with Crippen LogP contribution in [0.3, 0.4) is 0 Å². The van der Waals surface area contributed by atoms with E-state index in [-0.39, 0.29) is 12.1 Å². The minimum atomic E-state index is -0.307. The molecule has 104 valence electrons. The van der Waals surface area contributed by atoms with Crippen molar-refractivity contribution in [3.63, 3.8) is 0 Å². The van der Waals surface area contributed by atoms with Crippen molar-refractivity contribution in [2.24, 2.45) is 0 Å². The van der Waals surface area contributed by atoms with Crippen LogP contribution in [0.5, 0.6) is 0 Å². The maximum Gasteiger partial charge on any atom is 0.151 e. The highest BCUT2D eigenvalue weighted by Crippen LogP contribution is 2.26. The third kappa shape index (κ3) is 2.65. The zero-order valence-corrected chi connectivity index (χ0v) is 11.6. The Morgan fingerprint density at radius 2 is 1.95 bits per heavy atom. The third-order valence-corrected chi connectivity index (χ3v) is 3.88. The highest BCUT2D eigenvalue weighted by atomic mass is 16.3. The normalized spacial score (nSPS) is 22.2. The number of benzene rings is 1. The first-order valence-corrected chi connectivity index (χ1v) is 7.03. The number of nitrogens with zero attached hydrogens (tertiary/aromatic N) is 3. The molecule has 1 aromatic carbocycles. The topological polar surface area (TPSA) is 49.2 Å². The van der Waals surface area contributed by atoms with E-state index in [1.807, 2.05) is 37.3 Å². The van der Waals surface area contributed by atoms with Crippen molar-refractivity contribution in [1.82, 2.24) is 10.2 Å². The van der Waals surface area contributed by atoms with Crippen LogP contribution in [-0.2, 0) is 6.42 Å². The summed E-state index contributed by atoms with van der Waals surface area (Å²) in [6.07, 6.45) is 1.31. The summed E-state index contributed by atoms with van der Waals surface area (Å²) in [6, 6.07) is 14.3. The molecular weight excluding hydrogens is 250 g/mol. The number of hydrogen-bond acceptors (Lipinski definition) is 4. The molecule has 1 N–H and O–H groups in total. The van der Waals surface area contributed by atoms with Crippen LogP contribution in [-0.4, -0.2) is 34.0 Å². The van der Waals surface area contributed by atoms with Crippen molar-refractivity contribution < 1.29 is 5.11 Å². The lowest BCUT2D eigenvalue weighted by Crippen LogP contribution is -2.37. The van der Waals surface area contributed by atoms with E-state index in [9.17, 15) is 5.11 Å². The van der Waals surface area contributed by atoms with Gasteiger partial charge in [0.2, 0.25) is 0 Å². The largest absolute Gasteiger partial charge is 0.391 e. The van der Waals surface area contributed by atoms with Crippen molar-refractivity contribution in [1.29, 1.82) is 0 Å². The van der Waals surface area contributed by atoms with Crippen molar-refractivity contribution in [3.8, 4) is 0 Å². The van der Waals surface area contributed by atoms with Gasteiger partial charge < -0.3 is 10.0 Å². The van der Waals surface area contributed by atoms with Gasteiger partial charge in [-0.15, -0.1) is 5.10 Å². The van der Waals surface area contributed by atoms with Gasteiger partial charge in [0.1, 0.15) is 0 Å². The zero-order chi connectivity index (χ0) is 13.9. The van der Waals surface area contributed by atoms with Gasteiger partial charge in [-0.2, -0.15) is 5.10 Å². The fraction of sp³-hybridized carbons (Fsp3) is 0.375. The first-order valence-electron chi connectivity index (χ1n) is 7.03. The van der Waals surface area contributed by atoms with Gasteiger partial charge in [-0.05, 0) is 37.5 Å². The van der Waals surface area contributed by atoms with Crippen molar-refractivity contribution in [3.05, 3.63) is 53.7 Å². The van der Waals surface area contributed by atoms with Gasteiger partial charge >= 0.3 is 0 Å². The zero-order valence-electron chi connectivity index (χ0n) is 11.6. The molecule has 0 bridgehead atoms. The van der Waals surface area contributed by atoms with Crippen LogP contribution >= 0.6 is 0 Å². The smallest absolute Gasteiger partial charge is 0.151 e. The maximum atomic E-state index is 10.2. The molecule has 0 amide bonds. The number of rotatable bonds is 3. The van der Waals surface area contributed by atoms with Crippen molar-refractivity contribution >= 4 is 5.82 Å². The summed E-state index contributed by atoms with van der Waals surface area (Å²) in [5.74, 6) is 0.855. The Labute approximate surface area is 119 Å². The van der Waals surface area contributed by atoms with E-state index in [0.29, 0.717) is 0 Å². The summed E-state index contributed by atoms with van der Waals surface area (Å²) in [5.41, 5.74) is 2.15. The number of aliphatic hydroxyl groups excluding tert-OH is 1. The number of aliphatic hydroxyl groups is 1. The Balaban J connectivity index is 1.81. The highest BCUT2D eigenvalue weighted by Gasteiger charge is 2.33. The quantitative estimate of drug-likeness (QED) is 0.925. The summed E-state index contributed by atoms with van der Waals surface area (Å²) >= 11 is 0. The fourth-order valence-corrected chi connectivity index (χ4v) is 2.77. The Bertz CT molecular complexity index is 556. The monoisotopic (exact) mass is 269 g/mol. The molecule has 20 heavy (non-hydrogen) atoms. The highest BCUT2D eigenvalue weighted by molar-refractivity contribution is 5.41. The molecule has 4 heteroatoms. The molecule has 1 aliphatic heterocycles. The van der Waals surface area contributed by atoms with Crippen LogP contribution in [0.25, 0.3) is 0 Å². The fourth-order valence-electron chi connectivity index (χ4n) is 2.77. The number of hydrogen-bond donors (Lipinski definition) is 1. The van der Waals surface area contributed by atoms with Crippen molar-refractivity contribution in [2.75, 3.05) is 11.4 Å². The van der Waals surface area contributed by atoms with Crippen LogP contribution in [0.4, 0.5) is 5.82 Å². The molecule has 2 atom stereocenters. The van der Waals surface area contributed by atoms with E-state index in [1.165, 1.54) is 5.56 Å². The van der Waals surface area contributed by atoms with E-state index in [4.69, 9.17) is 0 Å². The molecule has 3 rings (SSSR count). The molecular formula is C16H19N3O. The summed E-state index contributed by atoms with van der Waals surface area (Å²) in [6.45, 7) is 2.76. The van der Waals surface area contributed by atoms with E-state index in [2.05, 4.69) is 27.2 Å². The van der Waals surface area contributed by atoms with Crippen LogP contribution in [0.15, 0.2) is 42.5 Å². The SMILES string of the molecule is Cc1ccc(N2CC[C@@H](O)[C@@H]2Cc2ccccc2)nn1. The summed E-state index contributed by atoms with van der Waals surface area (Å²) in [5, 5.41) is 18.6. The first kappa shape index (κ1) is 13.1. The molecule has 0 saturated carbocycles. The van der Waals surface area contributed by atoms with E-state index in [1.54, 1.807) is 0 Å². The van der Waals surface area contributed by atoms with E-state index < -0.39 is 0 Å². The average molecular weight is 269 g/mol. The molecule has 2 aromatic rings. The van der Waals surface area contributed by atoms with Gasteiger partial charge in [0.05, 0.1) is 17.8 Å². The third-order valence-electron chi connectivity index (χ3n) is 3.88. The number of anilines is 1. The van der Waals surface area contributed by atoms with Gasteiger partial charge in [-0.3, -0.25) is 0 Å². The second-order valence-corrected chi connectivity index (χ2v) is 5.34. The Morgan fingerprint density at radius 3 is 2.65 bits per heavy atom. The molecule has 0 unspecified atom stereocenters. The van der Waals surface area contributed by atoms with Gasteiger partial charge in [-0.1, -0.05) is 30.3 Å². The molecule has 1 aliphatic rings. The number of aromatic nitrogens is 2. The summed E-state index contributed by atoms with van der Waals surface area (Å²) < 4.78 is 0. The number of aryl methyl sites for hydroxylation is 1. The van der Waals surface area contributed by atoms with E-state index >= 15 is 0 Å². The molecule has 1 saturated heterocycles. The predicted molar refractivity (Wildman–Crippen MR) is 78.7 cm³/mol. The lowest BCUT2D eigenvalue weighted by Gasteiger charge is -2.27. The lowest BCUT2D eigenvalue weighted by atomic mass is 10.0. The molecule has 0 aliphatic carbocycles. The first-order chi connectivity index (χ1) is 9.74. The van der Waals surface area contributed by atoms with E-state index in [0.717, 1.165) is 30.9 Å². The van der Waals surface area contributed by atoms with Gasteiger partial charge in [0.25, 0.3) is 0 Å². The van der Waals surface area contributed by atoms with Gasteiger partial charge in [-0.25, -0.2) is 0 Å². The standard InChI is InChI=1S/C16H19N3O/c1-12-7-8-16(18-17-12)19-10-9-15(20)14(19)11-13-5-3-2-4-6-13/h2-8,14-15,20H,9-11H2,1H3/t14-,15+/m0/s1. The summed E-state index contributed by atoms with van der Waals surface area (Å²) in [7, 11) is 0. The van der Waals surface area contributed by atoms with Crippen molar-refractivity contribution in [2.45, 2.75) is 31.9 Å². The second kappa shape index (κ2) is 5.59. The average Bonchev–Trinajstić information content (AvgIpc) is 2.83. The molecule has 4 nitrogen and oxygen atoms in total. The minimum Gasteiger partial charge on any atom is -0.391 e. The van der Waals surface area contributed by atoms with Crippen LogP contribution in [0, 0.1) is 6.92 Å². The Hall–Kier alpha value is -1.94. The molecule has 0 radical (unpaired) electrons. The Morgan fingerprint density at radius 1 is 1.15 bits per heavy atom. The van der Waals surface area contributed by atoms with Gasteiger partial charge in [0, 0.05) is 6.54 Å². The molecule has 0 spiro atoms. The molecule has 1 aromatic heterocycles. The second-order valence-electron chi connectivity index (χ2n) is 5.34. The molecule has 2 heterocycles. The van der Waals surface area contributed by atoms with Crippen LogP contribution in [0.2, 0.25) is 0 Å². The lowest BCUT2D eigenvalue weighted by molar-refractivity contribution is 0.164. The summed E-state index contributed by atoms with van der Waals surface area (Å²) in [4.78, 5) is 2.17. The van der Waals surface area contributed by atoms with Crippen LogP contribution < -0.4 is 4.90 Å². The minimum absolute atomic E-state index is 0.0782.